The normalized spacial score (nSPS) is 10.6. The molecule has 0 spiro atoms. The van der Waals surface area contributed by atoms with E-state index in [1.54, 1.807) is 12.3 Å². The lowest BCUT2D eigenvalue weighted by Gasteiger charge is -2.09. The largest absolute Gasteiger partial charge is 0.352 e. The van der Waals surface area contributed by atoms with E-state index >= 15 is 0 Å². The third-order valence-corrected chi connectivity index (χ3v) is 2.74. The average Bonchev–Trinajstić information content (AvgIpc) is 2.28. The van der Waals surface area contributed by atoms with Gasteiger partial charge >= 0.3 is 0 Å². The first-order chi connectivity index (χ1) is 7.95. The van der Waals surface area contributed by atoms with Crippen molar-refractivity contribution in [3.05, 3.63) is 32.7 Å². The molecule has 0 aliphatic heterocycles. The molecule has 17 heavy (non-hydrogen) atoms. The number of aryl methyl sites for hydroxylation is 1. The van der Waals surface area contributed by atoms with E-state index in [1.807, 2.05) is 20.8 Å². The van der Waals surface area contributed by atoms with Crippen LogP contribution < -0.4 is 10.9 Å². The minimum absolute atomic E-state index is 0.182. The molecule has 0 aliphatic carbocycles. The summed E-state index contributed by atoms with van der Waals surface area (Å²) in [6.45, 7) is 6.99. The van der Waals surface area contributed by atoms with Gasteiger partial charge in [0.05, 0.1) is 0 Å². The number of amides is 1. The maximum absolute atomic E-state index is 11.9. The quantitative estimate of drug-likeness (QED) is 0.925. The number of aromatic nitrogens is 1. The Balaban J connectivity index is 3.01. The molecule has 1 amide bonds. The molecule has 0 saturated carbocycles. The SMILES string of the molecule is CCn1cc(Br)cc(C(=O)NCC(C)C)c1=O. The van der Waals surface area contributed by atoms with Gasteiger partial charge in [0, 0.05) is 23.8 Å². The van der Waals surface area contributed by atoms with Crippen LogP contribution >= 0.6 is 15.9 Å². The van der Waals surface area contributed by atoms with Crippen molar-refractivity contribution in [2.45, 2.75) is 27.3 Å². The van der Waals surface area contributed by atoms with Crippen molar-refractivity contribution in [1.29, 1.82) is 0 Å². The van der Waals surface area contributed by atoms with Crippen molar-refractivity contribution in [1.82, 2.24) is 9.88 Å². The maximum atomic E-state index is 11.9. The Morgan fingerprint density at radius 1 is 1.53 bits per heavy atom. The van der Waals surface area contributed by atoms with Crippen molar-refractivity contribution in [2.24, 2.45) is 5.92 Å². The third-order valence-electron chi connectivity index (χ3n) is 2.31. The van der Waals surface area contributed by atoms with Crippen LogP contribution in [0.2, 0.25) is 0 Å². The van der Waals surface area contributed by atoms with Crippen LogP contribution in [0.3, 0.4) is 0 Å². The lowest BCUT2D eigenvalue weighted by Crippen LogP contribution is -2.34. The van der Waals surface area contributed by atoms with Gasteiger partial charge in [0.2, 0.25) is 0 Å². The number of carbonyl (C=O) groups excluding carboxylic acids is 1. The third kappa shape index (κ3) is 3.70. The standard InChI is InChI=1S/C12H17BrN2O2/c1-4-15-7-9(13)5-10(12(15)17)11(16)14-6-8(2)3/h5,7-8H,4,6H2,1-3H3,(H,14,16). The summed E-state index contributed by atoms with van der Waals surface area (Å²) in [7, 11) is 0. The molecule has 0 fully saturated rings. The molecular weight excluding hydrogens is 284 g/mol. The smallest absolute Gasteiger partial charge is 0.263 e. The van der Waals surface area contributed by atoms with Crippen LogP contribution in [0, 0.1) is 5.92 Å². The van der Waals surface area contributed by atoms with E-state index in [1.165, 1.54) is 4.57 Å². The Hall–Kier alpha value is -1.10. The van der Waals surface area contributed by atoms with Gasteiger partial charge in [0.15, 0.2) is 0 Å². The number of rotatable bonds is 4. The van der Waals surface area contributed by atoms with E-state index in [0.29, 0.717) is 19.0 Å². The number of hydrogen-bond donors (Lipinski definition) is 1. The van der Waals surface area contributed by atoms with Gasteiger partial charge < -0.3 is 9.88 Å². The second-order valence-corrected chi connectivity index (χ2v) is 5.18. The Morgan fingerprint density at radius 3 is 2.71 bits per heavy atom. The summed E-state index contributed by atoms with van der Waals surface area (Å²) in [5.41, 5.74) is -0.0705. The van der Waals surface area contributed by atoms with Crippen molar-refractivity contribution in [2.75, 3.05) is 6.54 Å². The fraction of sp³-hybridized carbons (Fsp3) is 0.500. The fourth-order valence-electron chi connectivity index (χ4n) is 1.39. The summed E-state index contributed by atoms with van der Waals surface area (Å²) in [5.74, 6) is 0.0479. The molecule has 5 heteroatoms. The number of carbonyl (C=O) groups is 1. The lowest BCUT2D eigenvalue weighted by molar-refractivity contribution is 0.0947. The molecule has 0 aromatic carbocycles. The van der Waals surface area contributed by atoms with Crippen molar-refractivity contribution in [3.8, 4) is 0 Å². The molecule has 1 aromatic heterocycles. The van der Waals surface area contributed by atoms with E-state index in [0.717, 1.165) is 4.47 Å². The molecule has 1 heterocycles. The number of nitrogens with one attached hydrogen (secondary N) is 1. The summed E-state index contributed by atoms with van der Waals surface area (Å²) in [6, 6.07) is 1.56. The van der Waals surface area contributed by atoms with Crippen LogP contribution in [0.15, 0.2) is 21.5 Å². The molecule has 0 bridgehead atoms. The van der Waals surface area contributed by atoms with Gasteiger partial charge in [-0.05, 0) is 34.8 Å². The molecule has 1 N–H and O–H groups in total. The Labute approximate surface area is 109 Å². The minimum Gasteiger partial charge on any atom is -0.352 e. The zero-order valence-electron chi connectivity index (χ0n) is 10.3. The predicted octanol–water partition coefficient (Wildman–Crippen LogP) is 2.02. The highest BCUT2D eigenvalue weighted by atomic mass is 79.9. The van der Waals surface area contributed by atoms with Gasteiger partial charge in [0.25, 0.3) is 11.5 Å². The fourth-order valence-corrected chi connectivity index (χ4v) is 1.86. The summed E-state index contributed by atoms with van der Waals surface area (Å²) >= 11 is 3.30. The molecular formula is C12H17BrN2O2. The zero-order chi connectivity index (χ0) is 13.0. The van der Waals surface area contributed by atoms with Crippen molar-refractivity contribution in [3.63, 3.8) is 0 Å². The number of pyridine rings is 1. The summed E-state index contributed by atoms with van der Waals surface area (Å²) in [4.78, 5) is 23.8. The van der Waals surface area contributed by atoms with Crippen LogP contribution in [-0.2, 0) is 6.54 Å². The first-order valence-electron chi connectivity index (χ1n) is 5.63. The van der Waals surface area contributed by atoms with Gasteiger partial charge in [-0.25, -0.2) is 0 Å². The Morgan fingerprint density at radius 2 is 2.18 bits per heavy atom. The molecule has 4 nitrogen and oxygen atoms in total. The van der Waals surface area contributed by atoms with Crippen LogP contribution in [0.4, 0.5) is 0 Å². The predicted molar refractivity (Wildman–Crippen MR) is 71.2 cm³/mol. The van der Waals surface area contributed by atoms with Gasteiger partial charge in [-0.3, -0.25) is 9.59 Å². The minimum atomic E-state index is -0.313. The molecule has 1 rings (SSSR count). The summed E-state index contributed by atoms with van der Waals surface area (Å²) in [5, 5.41) is 2.74. The Bertz CT molecular complexity index is 466. The monoisotopic (exact) mass is 300 g/mol. The maximum Gasteiger partial charge on any atom is 0.263 e. The molecule has 0 radical (unpaired) electrons. The lowest BCUT2D eigenvalue weighted by atomic mass is 10.2. The van der Waals surface area contributed by atoms with Gasteiger partial charge in [-0.1, -0.05) is 13.8 Å². The topological polar surface area (TPSA) is 51.1 Å². The molecule has 1 aromatic rings. The zero-order valence-corrected chi connectivity index (χ0v) is 11.9. The van der Waals surface area contributed by atoms with E-state index in [-0.39, 0.29) is 17.0 Å². The average molecular weight is 301 g/mol. The van der Waals surface area contributed by atoms with E-state index in [9.17, 15) is 9.59 Å². The second kappa shape index (κ2) is 6.00. The summed E-state index contributed by atoms with van der Waals surface area (Å²) < 4.78 is 2.24. The van der Waals surface area contributed by atoms with E-state index in [4.69, 9.17) is 0 Å². The molecule has 94 valence electrons. The van der Waals surface area contributed by atoms with Crippen LogP contribution in [0.25, 0.3) is 0 Å². The van der Waals surface area contributed by atoms with Crippen LogP contribution in [0.1, 0.15) is 31.1 Å². The van der Waals surface area contributed by atoms with Gasteiger partial charge in [-0.15, -0.1) is 0 Å². The van der Waals surface area contributed by atoms with E-state index in [2.05, 4.69) is 21.2 Å². The number of hydrogen-bond acceptors (Lipinski definition) is 2. The van der Waals surface area contributed by atoms with Crippen molar-refractivity contribution < 1.29 is 4.79 Å². The molecule has 0 atom stereocenters. The van der Waals surface area contributed by atoms with Crippen molar-refractivity contribution >= 4 is 21.8 Å². The molecule has 0 aliphatic rings. The highest BCUT2D eigenvalue weighted by Crippen LogP contribution is 2.08. The Kier molecular flexibility index (Phi) is 4.93. The second-order valence-electron chi connectivity index (χ2n) is 4.27. The number of nitrogens with zero attached hydrogens (tertiary/aromatic N) is 1. The first kappa shape index (κ1) is 14.0. The van der Waals surface area contributed by atoms with E-state index < -0.39 is 0 Å². The highest BCUT2D eigenvalue weighted by molar-refractivity contribution is 9.10. The van der Waals surface area contributed by atoms with Crippen LogP contribution in [0.5, 0.6) is 0 Å². The first-order valence-corrected chi connectivity index (χ1v) is 6.43. The highest BCUT2D eigenvalue weighted by Gasteiger charge is 2.13. The number of halogens is 1. The van der Waals surface area contributed by atoms with Gasteiger partial charge in [0.1, 0.15) is 5.56 Å². The van der Waals surface area contributed by atoms with Gasteiger partial charge in [-0.2, -0.15) is 0 Å². The molecule has 0 saturated heterocycles. The summed E-state index contributed by atoms with van der Waals surface area (Å²) in [6.07, 6.45) is 1.68. The molecule has 0 unspecified atom stereocenters. The van der Waals surface area contributed by atoms with Crippen LogP contribution in [-0.4, -0.2) is 17.0 Å².